The lowest BCUT2D eigenvalue weighted by molar-refractivity contribution is -0.122. The van der Waals surface area contributed by atoms with Crippen molar-refractivity contribution >= 4 is 50.2 Å². The number of anilines is 1. The van der Waals surface area contributed by atoms with Crippen LogP contribution in [0.4, 0.5) is 5.82 Å². The molecule has 1 fully saturated rings. The Morgan fingerprint density at radius 1 is 1.28 bits per heavy atom. The van der Waals surface area contributed by atoms with Gasteiger partial charge in [-0.05, 0) is 38.1 Å². The zero-order valence-corrected chi connectivity index (χ0v) is 16.8. The molecule has 1 aromatic carbocycles. The summed E-state index contributed by atoms with van der Waals surface area (Å²) in [6, 6.07) is 8.15. The Bertz CT molecular complexity index is 775. The average molecular weight is 426 g/mol. The van der Waals surface area contributed by atoms with E-state index in [1.54, 1.807) is 0 Å². The highest BCUT2D eigenvalue weighted by Crippen LogP contribution is 2.28. The third-order valence-corrected chi connectivity index (χ3v) is 4.96. The highest BCUT2D eigenvalue weighted by atomic mass is 79.9. The van der Waals surface area contributed by atoms with Crippen molar-refractivity contribution in [3.63, 3.8) is 0 Å². The molecule has 0 aliphatic carbocycles. The number of rotatable bonds is 4. The molecule has 1 aromatic heterocycles. The number of hydrogen-bond donors (Lipinski definition) is 1. The van der Waals surface area contributed by atoms with Crippen LogP contribution in [0.2, 0.25) is 5.02 Å². The van der Waals surface area contributed by atoms with E-state index in [9.17, 15) is 4.79 Å². The van der Waals surface area contributed by atoms with Crippen molar-refractivity contribution in [1.82, 2.24) is 15.2 Å². The average Bonchev–Trinajstić information content (AvgIpc) is 2.54. The number of nitrogens with zero attached hydrogens (tertiary/aromatic N) is 3. The van der Waals surface area contributed by atoms with Crippen LogP contribution in [0, 0.1) is 0 Å². The molecule has 0 spiro atoms. The van der Waals surface area contributed by atoms with Crippen molar-refractivity contribution in [2.45, 2.75) is 19.9 Å². The fraction of sp³-hybridized carbons (Fsp3) is 0.444. The van der Waals surface area contributed by atoms with Gasteiger partial charge in [0.15, 0.2) is 0 Å². The molecule has 0 bridgehead atoms. The minimum Gasteiger partial charge on any atom is -0.354 e. The second kappa shape index (κ2) is 7.89. The monoisotopic (exact) mass is 424 g/mol. The summed E-state index contributed by atoms with van der Waals surface area (Å²) in [4.78, 5) is 21.1. The fourth-order valence-electron chi connectivity index (χ4n) is 3.03. The lowest BCUT2D eigenvalue weighted by atomic mass is 10.2. The van der Waals surface area contributed by atoms with Crippen LogP contribution in [0.1, 0.15) is 13.8 Å². The molecule has 0 saturated carbocycles. The van der Waals surface area contributed by atoms with Gasteiger partial charge in [-0.3, -0.25) is 9.69 Å². The maximum absolute atomic E-state index is 11.9. The number of aromatic nitrogens is 1. The first kappa shape index (κ1) is 18.4. The summed E-state index contributed by atoms with van der Waals surface area (Å²) in [6.07, 6.45) is 0. The van der Waals surface area contributed by atoms with E-state index in [0.717, 1.165) is 47.4 Å². The van der Waals surface area contributed by atoms with E-state index in [1.165, 1.54) is 0 Å². The van der Waals surface area contributed by atoms with Crippen molar-refractivity contribution in [2.75, 3.05) is 37.6 Å². The van der Waals surface area contributed by atoms with Gasteiger partial charge >= 0.3 is 0 Å². The number of fused-ring (bicyclic) bond motifs is 1. The van der Waals surface area contributed by atoms with Crippen molar-refractivity contribution < 1.29 is 4.79 Å². The van der Waals surface area contributed by atoms with Crippen molar-refractivity contribution in [2.24, 2.45) is 0 Å². The van der Waals surface area contributed by atoms with Crippen molar-refractivity contribution in [3.05, 3.63) is 33.8 Å². The van der Waals surface area contributed by atoms with Gasteiger partial charge in [0.2, 0.25) is 5.91 Å². The van der Waals surface area contributed by atoms with Crippen LogP contribution in [0.3, 0.4) is 0 Å². The van der Waals surface area contributed by atoms with Gasteiger partial charge in [0.05, 0.1) is 17.1 Å². The first-order valence-electron chi connectivity index (χ1n) is 8.45. The number of pyridine rings is 1. The molecule has 25 heavy (non-hydrogen) atoms. The zero-order valence-electron chi connectivity index (χ0n) is 14.4. The van der Waals surface area contributed by atoms with Gasteiger partial charge in [-0.15, -0.1) is 0 Å². The normalized spacial score (nSPS) is 15.8. The molecule has 1 amide bonds. The van der Waals surface area contributed by atoms with Gasteiger partial charge < -0.3 is 10.2 Å². The van der Waals surface area contributed by atoms with Crippen LogP contribution in [0.25, 0.3) is 10.9 Å². The minimum atomic E-state index is 0.0876. The maximum atomic E-state index is 11.9. The molecule has 2 heterocycles. The SMILES string of the molecule is CC(C)NC(=O)CN1CCN(c2ccc3cc(Br)cc(Cl)c3n2)CC1. The van der Waals surface area contributed by atoms with Crippen molar-refractivity contribution in [3.8, 4) is 0 Å². The zero-order chi connectivity index (χ0) is 18.0. The topological polar surface area (TPSA) is 48.5 Å². The number of carbonyl (C=O) groups excluding carboxylic acids is 1. The van der Waals surface area contributed by atoms with Crippen LogP contribution >= 0.6 is 27.5 Å². The maximum Gasteiger partial charge on any atom is 0.234 e. The molecule has 3 rings (SSSR count). The largest absolute Gasteiger partial charge is 0.354 e. The summed E-state index contributed by atoms with van der Waals surface area (Å²) in [5.41, 5.74) is 0.820. The summed E-state index contributed by atoms with van der Waals surface area (Å²) < 4.78 is 0.952. The Morgan fingerprint density at radius 2 is 2.00 bits per heavy atom. The number of hydrogen-bond acceptors (Lipinski definition) is 4. The summed E-state index contributed by atoms with van der Waals surface area (Å²) in [7, 11) is 0. The third kappa shape index (κ3) is 4.63. The molecule has 1 aliphatic rings. The molecule has 2 aromatic rings. The molecule has 1 N–H and O–H groups in total. The summed E-state index contributed by atoms with van der Waals surface area (Å²) in [5, 5.41) is 4.61. The molecule has 5 nitrogen and oxygen atoms in total. The molecule has 1 aliphatic heterocycles. The molecule has 1 saturated heterocycles. The van der Waals surface area contributed by atoms with Crippen LogP contribution < -0.4 is 10.2 Å². The predicted octanol–water partition coefficient (Wildman–Crippen LogP) is 3.30. The van der Waals surface area contributed by atoms with E-state index in [0.29, 0.717) is 11.6 Å². The Hall–Kier alpha value is -1.37. The van der Waals surface area contributed by atoms with Crippen molar-refractivity contribution in [1.29, 1.82) is 0 Å². The van der Waals surface area contributed by atoms with Gasteiger partial charge in [0.1, 0.15) is 5.82 Å². The molecular formula is C18H22BrClN4O. The van der Waals surface area contributed by atoms with Crippen LogP contribution in [-0.4, -0.2) is 54.6 Å². The first-order chi connectivity index (χ1) is 11.9. The smallest absolute Gasteiger partial charge is 0.234 e. The van der Waals surface area contributed by atoms with E-state index < -0.39 is 0 Å². The molecule has 0 radical (unpaired) electrons. The number of benzene rings is 1. The Kier molecular flexibility index (Phi) is 5.81. The Balaban J connectivity index is 1.65. The van der Waals surface area contributed by atoms with Gasteiger partial charge in [-0.1, -0.05) is 27.5 Å². The second-order valence-electron chi connectivity index (χ2n) is 6.61. The van der Waals surface area contributed by atoms with E-state index in [-0.39, 0.29) is 11.9 Å². The Morgan fingerprint density at radius 3 is 2.68 bits per heavy atom. The number of piperazine rings is 1. The first-order valence-corrected chi connectivity index (χ1v) is 9.62. The number of halogens is 2. The van der Waals surface area contributed by atoms with Gasteiger partial charge in [-0.2, -0.15) is 0 Å². The second-order valence-corrected chi connectivity index (χ2v) is 7.94. The van der Waals surface area contributed by atoms with E-state index in [2.05, 4.69) is 37.1 Å². The molecule has 7 heteroatoms. The minimum absolute atomic E-state index is 0.0876. The number of carbonyl (C=O) groups is 1. The number of nitrogens with one attached hydrogen (secondary N) is 1. The fourth-order valence-corrected chi connectivity index (χ4v) is 3.91. The van der Waals surface area contributed by atoms with E-state index >= 15 is 0 Å². The standard InChI is InChI=1S/C18H22BrClN4O/c1-12(2)21-17(25)11-23-5-7-24(8-6-23)16-4-3-13-9-14(19)10-15(20)18(13)22-16/h3-4,9-10,12H,5-8,11H2,1-2H3,(H,21,25). The molecule has 134 valence electrons. The quantitative estimate of drug-likeness (QED) is 0.816. The summed E-state index contributed by atoms with van der Waals surface area (Å²) >= 11 is 9.79. The van der Waals surface area contributed by atoms with E-state index in [1.807, 2.05) is 32.0 Å². The highest BCUT2D eigenvalue weighted by Gasteiger charge is 2.20. The van der Waals surface area contributed by atoms with Crippen LogP contribution in [0.5, 0.6) is 0 Å². The highest BCUT2D eigenvalue weighted by molar-refractivity contribution is 9.10. The number of amides is 1. The molecule has 0 unspecified atom stereocenters. The summed E-state index contributed by atoms with van der Waals surface area (Å²) in [6.45, 7) is 7.80. The lowest BCUT2D eigenvalue weighted by Crippen LogP contribution is -2.50. The third-order valence-electron chi connectivity index (χ3n) is 4.21. The van der Waals surface area contributed by atoms with Gasteiger partial charge in [-0.25, -0.2) is 4.98 Å². The van der Waals surface area contributed by atoms with Gasteiger partial charge in [0.25, 0.3) is 0 Å². The molecule has 0 atom stereocenters. The predicted molar refractivity (Wildman–Crippen MR) is 106 cm³/mol. The van der Waals surface area contributed by atoms with Crippen LogP contribution in [-0.2, 0) is 4.79 Å². The van der Waals surface area contributed by atoms with E-state index in [4.69, 9.17) is 16.6 Å². The lowest BCUT2D eigenvalue weighted by Gasteiger charge is -2.35. The summed E-state index contributed by atoms with van der Waals surface area (Å²) in [5.74, 6) is 1.02. The van der Waals surface area contributed by atoms with Crippen LogP contribution in [0.15, 0.2) is 28.7 Å². The van der Waals surface area contributed by atoms with Gasteiger partial charge in [0, 0.05) is 42.1 Å². The Labute approximate surface area is 161 Å². The molecular weight excluding hydrogens is 404 g/mol.